The van der Waals surface area contributed by atoms with E-state index in [-0.39, 0.29) is 34.7 Å². The number of hydrogen-bond acceptors (Lipinski definition) is 9. The molecule has 1 unspecified atom stereocenters. The van der Waals surface area contributed by atoms with Gasteiger partial charge in [0.1, 0.15) is 28.2 Å². The number of phenols is 1. The molecule has 1 aromatic carbocycles. The van der Waals surface area contributed by atoms with E-state index in [0.29, 0.717) is 0 Å². The molecule has 6 atom stereocenters. The molecule has 1 amide bonds. The summed E-state index contributed by atoms with van der Waals surface area (Å²) < 4.78 is 5.67. The number of benzene rings is 1. The van der Waals surface area contributed by atoms with Crippen LogP contribution in [-0.2, 0) is 19.9 Å². The largest absolute Gasteiger partial charge is 0.508 e. The summed E-state index contributed by atoms with van der Waals surface area (Å²) in [5.74, 6) is -5.78. The molecule has 1 aromatic rings. The van der Waals surface area contributed by atoms with Crippen molar-refractivity contribution in [2.75, 3.05) is 14.1 Å². The monoisotopic (exact) mass is 480 g/mol. The van der Waals surface area contributed by atoms with E-state index in [1.54, 1.807) is 21.0 Å². The number of carbonyl (C=O) groups excluding carboxylic acids is 3. The number of likely N-dealkylation sites (N-methyl/N-ethyl adjacent to an activating group) is 1. The maximum atomic E-state index is 13.1. The molecule has 0 spiro atoms. The zero-order valence-corrected chi connectivity index (χ0v) is 19.0. The predicted molar refractivity (Wildman–Crippen MR) is 114 cm³/mol. The number of hydrogen-bond donors (Lipinski definition) is 5. The minimum atomic E-state index is -2.33. The number of halogens is 1. The van der Waals surface area contributed by atoms with Crippen molar-refractivity contribution >= 4 is 29.3 Å². The molecule has 0 radical (unpaired) electrons. The lowest BCUT2D eigenvalue weighted by atomic mass is 9.57. The Hall–Kier alpha value is -2.66. The fourth-order valence-electron chi connectivity index (χ4n) is 5.75. The number of nitrogens with two attached hydrogens (primary N) is 1. The fourth-order valence-corrected chi connectivity index (χ4v) is 6.10. The molecule has 10 nitrogen and oxygen atoms in total. The van der Waals surface area contributed by atoms with Crippen molar-refractivity contribution in [2.24, 2.45) is 17.6 Å². The maximum absolute atomic E-state index is 13.1. The number of ether oxygens (including phenoxy) is 1. The number of esters is 1. The van der Waals surface area contributed by atoms with Crippen LogP contribution in [0.25, 0.3) is 0 Å². The first-order valence-corrected chi connectivity index (χ1v) is 10.7. The van der Waals surface area contributed by atoms with Gasteiger partial charge in [-0.1, -0.05) is 11.6 Å². The smallest absolute Gasteiger partial charge is 0.343 e. The highest BCUT2D eigenvalue weighted by molar-refractivity contribution is 6.32. The molecule has 4 rings (SSSR count). The van der Waals surface area contributed by atoms with Gasteiger partial charge in [-0.25, -0.2) is 4.79 Å². The third-order valence-corrected chi connectivity index (χ3v) is 7.67. The average molecular weight is 481 g/mol. The van der Waals surface area contributed by atoms with Gasteiger partial charge in [-0.05, 0) is 46.0 Å². The van der Waals surface area contributed by atoms with Gasteiger partial charge in [-0.2, -0.15) is 0 Å². The zero-order valence-electron chi connectivity index (χ0n) is 18.2. The normalized spacial score (nSPS) is 36.0. The molecule has 0 saturated heterocycles. The van der Waals surface area contributed by atoms with Gasteiger partial charge in [0.25, 0.3) is 5.91 Å². The molecule has 178 valence electrons. The standard InChI is InChI=1S/C22H25ClN2O8/c1-21(15-10(23)4-5-11(26)13(15)20(31)33-21)8-6-9-16(25(2)3)17(28)14(19(24)30)18(29)22(9,32)12(27)7-8/h4-5,8-9,12,16,26-27,29,32H,6-7H2,1-3H3,(H2,24,30)/t8-,9-,12?,16-,21-,22-/m0/s1. The number of phenolic OH excluding ortho intramolecular Hbond substituents is 1. The van der Waals surface area contributed by atoms with Gasteiger partial charge in [0, 0.05) is 22.4 Å². The molecule has 1 saturated carbocycles. The highest BCUT2D eigenvalue weighted by Crippen LogP contribution is 2.56. The van der Waals surface area contributed by atoms with Crippen molar-refractivity contribution in [1.82, 2.24) is 4.90 Å². The van der Waals surface area contributed by atoms with Gasteiger partial charge >= 0.3 is 5.97 Å². The van der Waals surface area contributed by atoms with Crippen LogP contribution < -0.4 is 5.73 Å². The van der Waals surface area contributed by atoms with E-state index in [1.807, 2.05) is 0 Å². The number of aliphatic hydroxyl groups excluding tert-OH is 2. The SMILES string of the molecule is CN(C)[C@@H]1C(=O)C(C(N)=O)=C(O)[C@@]2(O)C(O)C[C@@H]([C@]3(C)OC(=O)c4c(O)ccc(Cl)c43)C[C@@H]12. The number of ketones is 1. The first kappa shape index (κ1) is 23.5. The van der Waals surface area contributed by atoms with Gasteiger partial charge in [0.05, 0.1) is 12.1 Å². The van der Waals surface area contributed by atoms with Crippen LogP contribution in [0, 0.1) is 11.8 Å². The lowest BCUT2D eigenvalue weighted by Gasteiger charge is -2.54. The van der Waals surface area contributed by atoms with Gasteiger partial charge in [0.2, 0.25) is 0 Å². The summed E-state index contributed by atoms with van der Waals surface area (Å²) in [4.78, 5) is 39.1. The lowest BCUT2D eigenvalue weighted by molar-refractivity contribution is -0.187. The van der Waals surface area contributed by atoms with Crippen LogP contribution in [0.4, 0.5) is 0 Å². The van der Waals surface area contributed by atoms with E-state index in [0.717, 1.165) is 0 Å². The van der Waals surface area contributed by atoms with Crippen molar-refractivity contribution in [3.8, 4) is 5.75 Å². The number of Topliss-reactive ketones (excluding diaryl/α,β-unsaturated/α-hetero) is 1. The number of cyclic esters (lactones) is 1. The quantitative estimate of drug-likeness (QED) is 0.302. The third kappa shape index (κ3) is 3.01. The summed E-state index contributed by atoms with van der Waals surface area (Å²) in [7, 11) is 3.11. The predicted octanol–water partition coefficient (Wildman–Crippen LogP) is 0.360. The van der Waals surface area contributed by atoms with Crippen molar-refractivity contribution in [2.45, 2.75) is 43.1 Å². The molecule has 3 aliphatic rings. The van der Waals surface area contributed by atoms with Crippen LogP contribution in [0.2, 0.25) is 5.02 Å². The molecule has 1 heterocycles. The van der Waals surface area contributed by atoms with Crippen molar-refractivity contribution < 1.29 is 39.5 Å². The molecule has 6 N–H and O–H groups in total. The second-order valence-electron chi connectivity index (χ2n) is 9.29. The van der Waals surface area contributed by atoms with Gasteiger partial charge in [0.15, 0.2) is 11.4 Å². The Bertz CT molecular complexity index is 1120. The summed E-state index contributed by atoms with van der Waals surface area (Å²) in [6.45, 7) is 1.59. The number of amides is 1. The molecular weight excluding hydrogens is 456 g/mol. The second kappa shape index (κ2) is 7.42. The molecule has 0 bridgehead atoms. The topological polar surface area (TPSA) is 171 Å². The summed E-state index contributed by atoms with van der Waals surface area (Å²) in [6.07, 6.45) is -1.80. The molecule has 1 fully saturated rings. The Labute approximate surface area is 194 Å². The summed E-state index contributed by atoms with van der Waals surface area (Å²) >= 11 is 6.37. The highest BCUT2D eigenvalue weighted by Gasteiger charge is 2.64. The van der Waals surface area contributed by atoms with Crippen LogP contribution >= 0.6 is 11.6 Å². The zero-order chi connectivity index (χ0) is 24.6. The first-order chi connectivity index (χ1) is 15.3. The summed E-state index contributed by atoms with van der Waals surface area (Å²) in [5.41, 5.74) is 0.998. The average Bonchev–Trinajstić information content (AvgIpc) is 2.99. The minimum absolute atomic E-state index is 0.00739. The Kier molecular flexibility index (Phi) is 5.29. The molecule has 33 heavy (non-hydrogen) atoms. The number of primary amides is 1. The van der Waals surface area contributed by atoms with Crippen molar-refractivity contribution in [3.63, 3.8) is 0 Å². The van der Waals surface area contributed by atoms with E-state index in [2.05, 4.69) is 0 Å². The van der Waals surface area contributed by atoms with Crippen molar-refractivity contribution in [3.05, 3.63) is 39.6 Å². The van der Waals surface area contributed by atoms with Gasteiger partial charge in [-0.3, -0.25) is 14.5 Å². The second-order valence-corrected chi connectivity index (χ2v) is 9.70. The van der Waals surface area contributed by atoms with Gasteiger partial charge < -0.3 is 30.9 Å². The van der Waals surface area contributed by atoms with Gasteiger partial charge in [-0.15, -0.1) is 0 Å². The van der Waals surface area contributed by atoms with Crippen molar-refractivity contribution in [1.29, 1.82) is 0 Å². The number of aliphatic hydroxyl groups is 3. The Morgan fingerprint density at radius 3 is 2.45 bits per heavy atom. The third-order valence-electron chi connectivity index (χ3n) is 7.35. The lowest BCUT2D eigenvalue weighted by Crippen LogP contribution is -2.67. The van der Waals surface area contributed by atoms with E-state index in [4.69, 9.17) is 22.1 Å². The first-order valence-electron chi connectivity index (χ1n) is 10.4. The Balaban J connectivity index is 1.86. The molecule has 11 heteroatoms. The molecular formula is C22H25ClN2O8. The van der Waals surface area contributed by atoms with Crippen LogP contribution in [0.1, 0.15) is 35.7 Å². The van der Waals surface area contributed by atoms with E-state index in [1.165, 1.54) is 17.0 Å². The van der Waals surface area contributed by atoms with E-state index < -0.39 is 64.2 Å². The maximum Gasteiger partial charge on any atom is 0.343 e. The fraction of sp³-hybridized carbons (Fsp3) is 0.500. The minimum Gasteiger partial charge on any atom is -0.508 e. The van der Waals surface area contributed by atoms with Crippen LogP contribution in [0.15, 0.2) is 23.5 Å². The summed E-state index contributed by atoms with van der Waals surface area (Å²) in [6, 6.07) is 1.59. The van der Waals surface area contributed by atoms with E-state index >= 15 is 0 Å². The number of fused-ring (bicyclic) bond motifs is 2. The number of carbonyl (C=O) groups is 3. The number of nitrogens with zero attached hydrogens (tertiary/aromatic N) is 1. The van der Waals surface area contributed by atoms with Crippen LogP contribution in [0.5, 0.6) is 5.75 Å². The Morgan fingerprint density at radius 2 is 1.88 bits per heavy atom. The molecule has 0 aromatic heterocycles. The van der Waals surface area contributed by atoms with Crippen LogP contribution in [-0.4, -0.2) is 74.8 Å². The molecule has 1 aliphatic heterocycles. The highest BCUT2D eigenvalue weighted by atomic mass is 35.5. The van der Waals surface area contributed by atoms with Crippen LogP contribution in [0.3, 0.4) is 0 Å². The summed E-state index contributed by atoms with van der Waals surface area (Å²) in [5, 5.41) is 43.6. The van der Waals surface area contributed by atoms with E-state index in [9.17, 15) is 34.8 Å². The molecule has 2 aliphatic carbocycles. The number of rotatable bonds is 3. The number of aromatic hydroxyl groups is 1. The Morgan fingerprint density at radius 1 is 1.24 bits per heavy atom.